The summed E-state index contributed by atoms with van der Waals surface area (Å²) >= 11 is 0. The molecule has 0 bridgehead atoms. The van der Waals surface area contributed by atoms with E-state index in [-0.39, 0.29) is 29.9 Å². The van der Waals surface area contributed by atoms with Gasteiger partial charge in [0.1, 0.15) is 0 Å². The third kappa shape index (κ3) is 10.5. The lowest BCUT2D eigenvalue weighted by molar-refractivity contribution is -0.140. The van der Waals surface area contributed by atoms with Gasteiger partial charge in [-0.25, -0.2) is 0 Å². The van der Waals surface area contributed by atoms with Gasteiger partial charge in [0.25, 0.3) is 0 Å². The van der Waals surface area contributed by atoms with Crippen LogP contribution in [0.15, 0.2) is 4.99 Å². The number of nitrogens with zero attached hydrogens (tertiary/aromatic N) is 1. The van der Waals surface area contributed by atoms with Gasteiger partial charge in [0.05, 0.1) is 7.11 Å². The number of ether oxygens (including phenoxy) is 2. The van der Waals surface area contributed by atoms with Crippen LogP contribution in [0.5, 0.6) is 0 Å². The number of halogens is 1. The number of rotatable bonds is 12. The fourth-order valence-electron chi connectivity index (χ4n) is 3.44. The van der Waals surface area contributed by atoms with Crippen molar-refractivity contribution in [2.75, 3.05) is 40.5 Å². The van der Waals surface area contributed by atoms with Gasteiger partial charge in [-0.3, -0.25) is 9.79 Å². The minimum absolute atomic E-state index is 0. The zero-order valence-corrected chi connectivity index (χ0v) is 19.1. The van der Waals surface area contributed by atoms with Crippen molar-refractivity contribution in [1.82, 2.24) is 10.6 Å². The van der Waals surface area contributed by atoms with Gasteiger partial charge in [-0.15, -0.1) is 24.0 Å². The minimum Gasteiger partial charge on any atom is -0.469 e. The number of guanidine groups is 1. The lowest BCUT2D eigenvalue weighted by Crippen LogP contribution is -2.43. The quantitative estimate of drug-likeness (QED) is 0.146. The fourth-order valence-corrected chi connectivity index (χ4v) is 3.44. The summed E-state index contributed by atoms with van der Waals surface area (Å²) < 4.78 is 10.2. The molecule has 0 amide bonds. The Morgan fingerprint density at radius 3 is 2.50 bits per heavy atom. The summed E-state index contributed by atoms with van der Waals surface area (Å²) in [6, 6.07) is 0. The van der Waals surface area contributed by atoms with Crippen molar-refractivity contribution in [3.05, 3.63) is 0 Å². The van der Waals surface area contributed by atoms with Crippen molar-refractivity contribution >= 4 is 35.9 Å². The summed E-state index contributed by atoms with van der Waals surface area (Å²) in [6.45, 7) is 5.53. The maximum Gasteiger partial charge on any atom is 0.305 e. The maximum absolute atomic E-state index is 11.1. The highest BCUT2D eigenvalue weighted by molar-refractivity contribution is 14.0. The van der Waals surface area contributed by atoms with E-state index >= 15 is 0 Å². The summed E-state index contributed by atoms with van der Waals surface area (Å²) in [4.78, 5) is 15.4. The van der Waals surface area contributed by atoms with Crippen LogP contribution in [0.3, 0.4) is 0 Å². The Kier molecular flexibility index (Phi) is 15.1. The van der Waals surface area contributed by atoms with Crippen LogP contribution < -0.4 is 10.6 Å². The highest BCUT2D eigenvalue weighted by atomic mass is 127. The van der Waals surface area contributed by atoms with Gasteiger partial charge in [-0.05, 0) is 44.4 Å². The Morgan fingerprint density at radius 1 is 1.15 bits per heavy atom. The van der Waals surface area contributed by atoms with E-state index in [1.165, 1.54) is 32.8 Å². The third-order valence-corrected chi connectivity index (χ3v) is 5.08. The molecule has 1 rings (SSSR count). The lowest BCUT2D eigenvalue weighted by atomic mass is 9.83. The van der Waals surface area contributed by atoms with Crippen LogP contribution in [0.1, 0.15) is 64.7 Å². The van der Waals surface area contributed by atoms with E-state index in [1.54, 1.807) is 0 Å². The van der Waals surface area contributed by atoms with E-state index in [9.17, 15) is 4.79 Å². The van der Waals surface area contributed by atoms with E-state index in [1.807, 2.05) is 7.05 Å². The van der Waals surface area contributed by atoms with Crippen LogP contribution in [0.4, 0.5) is 0 Å². The summed E-state index contributed by atoms with van der Waals surface area (Å²) in [5.41, 5.74) is 0.354. The average molecular weight is 483 g/mol. The number of unbranched alkanes of at least 4 members (excludes halogenated alkanes) is 2. The van der Waals surface area contributed by atoms with Crippen molar-refractivity contribution in [3.63, 3.8) is 0 Å². The van der Waals surface area contributed by atoms with Crippen molar-refractivity contribution < 1.29 is 14.3 Å². The van der Waals surface area contributed by atoms with Gasteiger partial charge in [0.2, 0.25) is 0 Å². The zero-order valence-electron chi connectivity index (χ0n) is 16.8. The second-order valence-electron chi connectivity index (χ2n) is 6.89. The molecule has 1 fully saturated rings. The highest BCUT2D eigenvalue weighted by Gasteiger charge is 2.33. The molecule has 0 aromatic heterocycles. The molecule has 0 aliphatic heterocycles. The molecule has 0 aromatic rings. The summed E-state index contributed by atoms with van der Waals surface area (Å²) in [7, 11) is 3.25. The van der Waals surface area contributed by atoms with Gasteiger partial charge < -0.3 is 20.1 Å². The summed E-state index contributed by atoms with van der Waals surface area (Å²) in [5, 5.41) is 6.88. The van der Waals surface area contributed by atoms with E-state index in [2.05, 4.69) is 27.3 Å². The summed E-state index contributed by atoms with van der Waals surface area (Å²) in [5.74, 6) is 0.745. The number of hydrogen-bond acceptors (Lipinski definition) is 4. The Balaban J connectivity index is 0.00000625. The van der Waals surface area contributed by atoms with Crippen LogP contribution in [0, 0.1) is 5.41 Å². The Labute approximate surface area is 176 Å². The van der Waals surface area contributed by atoms with Gasteiger partial charge >= 0.3 is 5.97 Å². The van der Waals surface area contributed by atoms with Crippen LogP contribution in [0.25, 0.3) is 0 Å². The molecular weight excluding hydrogens is 445 g/mol. The first-order valence-corrected chi connectivity index (χ1v) is 9.75. The van der Waals surface area contributed by atoms with Crippen LogP contribution in [-0.4, -0.2) is 52.4 Å². The molecule has 0 spiro atoms. The predicted molar refractivity (Wildman–Crippen MR) is 117 cm³/mol. The second kappa shape index (κ2) is 15.5. The molecule has 0 saturated heterocycles. The van der Waals surface area contributed by atoms with Crippen molar-refractivity contribution in [2.24, 2.45) is 10.4 Å². The SMILES string of the molecule is CCOCCC1(CNC(=NC)NCCCCCC(=O)OC)CCCC1.I. The smallest absolute Gasteiger partial charge is 0.305 e. The Morgan fingerprint density at radius 2 is 1.88 bits per heavy atom. The van der Waals surface area contributed by atoms with Crippen molar-refractivity contribution in [3.8, 4) is 0 Å². The first-order chi connectivity index (χ1) is 12.2. The van der Waals surface area contributed by atoms with E-state index in [0.29, 0.717) is 11.8 Å². The van der Waals surface area contributed by atoms with E-state index < -0.39 is 0 Å². The van der Waals surface area contributed by atoms with Crippen LogP contribution in [-0.2, 0) is 14.3 Å². The molecule has 0 atom stereocenters. The monoisotopic (exact) mass is 483 g/mol. The molecule has 1 saturated carbocycles. The summed E-state index contributed by atoms with van der Waals surface area (Å²) in [6.07, 6.45) is 9.73. The normalized spacial score (nSPS) is 16.0. The van der Waals surface area contributed by atoms with Crippen molar-refractivity contribution in [2.45, 2.75) is 64.7 Å². The Bertz CT molecular complexity index is 399. The number of carbonyl (C=O) groups excluding carboxylic acids is 1. The number of carbonyl (C=O) groups is 1. The molecule has 1 aliphatic carbocycles. The highest BCUT2D eigenvalue weighted by Crippen LogP contribution is 2.40. The van der Waals surface area contributed by atoms with Crippen LogP contribution in [0.2, 0.25) is 0 Å². The molecule has 6 nitrogen and oxygen atoms in total. The standard InChI is InChI=1S/C19H37N3O3.HI/c1-4-25-15-13-19(11-7-8-12-19)16-22-18(20-2)21-14-9-5-6-10-17(23)24-3;/h4-16H2,1-3H3,(H2,20,21,22);1H. The minimum atomic E-state index is -0.126. The number of hydrogen-bond donors (Lipinski definition) is 2. The second-order valence-corrected chi connectivity index (χ2v) is 6.89. The molecule has 0 unspecified atom stereocenters. The number of esters is 1. The molecule has 0 radical (unpaired) electrons. The molecule has 7 heteroatoms. The molecule has 1 aliphatic rings. The fraction of sp³-hybridized carbons (Fsp3) is 0.895. The number of methoxy groups -OCH3 is 1. The van der Waals surface area contributed by atoms with Crippen molar-refractivity contribution in [1.29, 1.82) is 0 Å². The first-order valence-electron chi connectivity index (χ1n) is 9.75. The first kappa shape index (κ1) is 25.4. The van der Waals surface area contributed by atoms with E-state index in [4.69, 9.17) is 4.74 Å². The maximum atomic E-state index is 11.1. The number of nitrogens with one attached hydrogen (secondary N) is 2. The number of aliphatic imine (C=N–C) groups is 1. The van der Waals surface area contributed by atoms with E-state index in [0.717, 1.165) is 57.9 Å². The molecule has 0 aromatic carbocycles. The molecule has 26 heavy (non-hydrogen) atoms. The topological polar surface area (TPSA) is 72.0 Å². The van der Waals surface area contributed by atoms with Gasteiger partial charge in [-0.2, -0.15) is 0 Å². The molecule has 2 N–H and O–H groups in total. The lowest BCUT2D eigenvalue weighted by Gasteiger charge is -2.30. The van der Waals surface area contributed by atoms with Gasteiger partial charge in [0.15, 0.2) is 5.96 Å². The Hall–Kier alpha value is -0.570. The largest absolute Gasteiger partial charge is 0.469 e. The average Bonchev–Trinajstić information content (AvgIpc) is 3.09. The van der Waals surface area contributed by atoms with Gasteiger partial charge in [0, 0.05) is 39.8 Å². The predicted octanol–water partition coefficient (Wildman–Crippen LogP) is 3.49. The molecular formula is C19H38IN3O3. The third-order valence-electron chi connectivity index (χ3n) is 5.08. The molecule has 154 valence electrons. The molecule has 0 heterocycles. The zero-order chi connectivity index (χ0) is 18.4. The van der Waals surface area contributed by atoms with Gasteiger partial charge in [-0.1, -0.05) is 19.3 Å². The van der Waals surface area contributed by atoms with Crippen LogP contribution >= 0.6 is 24.0 Å².